The summed E-state index contributed by atoms with van der Waals surface area (Å²) in [6.07, 6.45) is 3.63. The third-order valence-corrected chi connectivity index (χ3v) is 7.14. The van der Waals surface area contributed by atoms with Crippen LogP contribution in [0, 0.1) is 0 Å². The molecule has 1 aromatic rings. The number of rotatable bonds is 2. The van der Waals surface area contributed by atoms with Crippen LogP contribution < -0.4 is 9.46 Å². The highest BCUT2D eigenvalue weighted by Crippen LogP contribution is 2.39. The van der Waals surface area contributed by atoms with E-state index in [0.717, 1.165) is 18.2 Å². The van der Waals surface area contributed by atoms with Crippen molar-refractivity contribution in [1.29, 1.82) is 0 Å². The monoisotopic (exact) mass is 438 g/mol. The molecule has 4 aliphatic rings. The number of piperidine rings is 1. The number of hydrogen-bond donors (Lipinski definition) is 2. The van der Waals surface area contributed by atoms with Gasteiger partial charge in [-0.3, -0.25) is 4.79 Å². The number of carbonyl (C=O) groups excluding carboxylic acids is 1. The van der Waals surface area contributed by atoms with E-state index in [1.54, 1.807) is 4.90 Å². The van der Waals surface area contributed by atoms with Gasteiger partial charge in [0.15, 0.2) is 6.61 Å². The zero-order valence-electron chi connectivity index (χ0n) is 17.2. The van der Waals surface area contributed by atoms with Gasteiger partial charge in [-0.1, -0.05) is 18.2 Å². The van der Waals surface area contributed by atoms with Crippen LogP contribution in [0.1, 0.15) is 43.6 Å². The fourth-order valence-corrected chi connectivity index (χ4v) is 5.80. The second-order valence-electron chi connectivity index (χ2n) is 8.57. The van der Waals surface area contributed by atoms with E-state index in [-0.39, 0.29) is 31.1 Å². The average molecular weight is 439 g/mol. The van der Waals surface area contributed by atoms with Gasteiger partial charge in [-0.05, 0) is 49.7 Å². The van der Waals surface area contributed by atoms with Crippen molar-refractivity contribution in [3.63, 3.8) is 0 Å². The summed E-state index contributed by atoms with van der Waals surface area (Å²) in [7, 11) is -3.43. The fraction of sp³-hybridized carbons (Fsp3) is 0.667. The Morgan fingerprint density at radius 3 is 2.77 bits per heavy atom. The predicted octanol–water partition coefficient (Wildman–Crippen LogP) is 1.00. The Bertz CT molecular complexity index is 876. The van der Waals surface area contributed by atoms with Crippen LogP contribution in [0.4, 0.5) is 0 Å². The van der Waals surface area contributed by atoms with Crippen molar-refractivity contribution in [3.8, 4) is 5.75 Å². The van der Waals surface area contributed by atoms with Crippen LogP contribution >= 0.6 is 0 Å². The van der Waals surface area contributed by atoms with Crippen LogP contribution in [0.5, 0.6) is 5.75 Å². The first-order valence-corrected chi connectivity index (χ1v) is 12.5. The first kappa shape index (κ1) is 21.5. The largest absolute Gasteiger partial charge is 0.483 e. The van der Waals surface area contributed by atoms with Crippen molar-refractivity contribution in [2.75, 3.05) is 26.0 Å². The highest BCUT2D eigenvalue weighted by atomic mass is 32.2. The lowest BCUT2D eigenvalue weighted by molar-refractivity contribution is -0.142. The Labute approximate surface area is 177 Å². The number of fused-ring (bicyclic) bond motifs is 5. The number of amides is 1. The molecule has 9 heteroatoms. The number of ether oxygens (including phenoxy) is 2. The van der Waals surface area contributed by atoms with Crippen LogP contribution in [0.25, 0.3) is 0 Å². The normalized spacial score (nSPS) is 32.8. The summed E-state index contributed by atoms with van der Waals surface area (Å²) in [6.45, 7) is 0.589. The number of hydrogen-bond acceptors (Lipinski definition) is 6. The fourth-order valence-electron chi connectivity index (χ4n) is 4.97. The maximum absolute atomic E-state index is 13.0. The first-order chi connectivity index (χ1) is 14.3. The van der Waals surface area contributed by atoms with Gasteiger partial charge in [-0.25, -0.2) is 13.1 Å². The lowest BCUT2D eigenvalue weighted by Crippen LogP contribution is -2.60. The molecule has 8 nitrogen and oxygen atoms in total. The molecule has 0 spiro atoms. The van der Waals surface area contributed by atoms with Gasteiger partial charge in [0.2, 0.25) is 10.0 Å². The number of aliphatic hydroxyl groups is 1. The van der Waals surface area contributed by atoms with Crippen molar-refractivity contribution in [1.82, 2.24) is 9.62 Å². The highest BCUT2D eigenvalue weighted by Gasteiger charge is 2.39. The third kappa shape index (κ3) is 4.80. The molecule has 166 valence electrons. The summed E-state index contributed by atoms with van der Waals surface area (Å²) in [5.74, 6) is 0.626. The van der Waals surface area contributed by atoms with Gasteiger partial charge in [0.1, 0.15) is 5.75 Å². The summed E-state index contributed by atoms with van der Waals surface area (Å²) in [6, 6.07) is 6.81. The third-order valence-electron chi connectivity index (χ3n) is 6.41. The molecule has 3 aliphatic heterocycles. The predicted molar refractivity (Wildman–Crippen MR) is 111 cm³/mol. The number of nitrogens with one attached hydrogen (secondary N) is 1. The average Bonchev–Trinajstić information content (AvgIpc) is 2.71. The van der Waals surface area contributed by atoms with E-state index in [1.807, 2.05) is 24.3 Å². The molecule has 1 saturated heterocycles. The van der Waals surface area contributed by atoms with E-state index in [9.17, 15) is 18.3 Å². The highest BCUT2D eigenvalue weighted by molar-refractivity contribution is 7.88. The summed E-state index contributed by atoms with van der Waals surface area (Å²) in [5.41, 5.74) is 1.01. The van der Waals surface area contributed by atoms with Crippen LogP contribution in [0.15, 0.2) is 24.3 Å². The number of sulfonamides is 1. The number of benzene rings is 1. The lowest BCUT2D eigenvalue weighted by atomic mass is 9.80. The Hall–Kier alpha value is -1.68. The smallest absolute Gasteiger partial charge is 0.260 e. The van der Waals surface area contributed by atoms with Gasteiger partial charge in [0.25, 0.3) is 5.91 Å². The van der Waals surface area contributed by atoms with Crippen LogP contribution in [0.3, 0.4) is 0 Å². The zero-order chi connectivity index (χ0) is 21.3. The molecule has 1 aromatic carbocycles. The van der Waals surface area contributed by atoms with Crippen molar-refractivity contribution in [3.05, 3.63) is 29.8 Å². The molecule has 1 unspecified atom stereocenters. The van der Waals surface area contributed by atoms with Crippen LogP contribution in [-0.2, 0) is 19.6 Å². The van der Waals surface area contributed by atoms with Gasteiger partial charge in [0, 0.05) is 12.6 Å². The molecule has 1 aliphatic carbocycles. The molecule has 2 N–H and O–H groups in total. The molecule has 5 atom stereocenters. The number of nitrogens with zero attached hydrogens (tertiary/aromatic N) is 1. The van der Waals surface area contributed by atoms with Gasteiger partial charge in [-0.2, -0.15) is 0 Å². The molecular formula is C21H30N2O6S. The minimum Gasteiger partial charge on any atom is -0.483 e. The van der Waals surface area contributed by atoms with E-state index in [0.29, 0.717) is 38.0 Å². The standard InChI is InChI=1S/C21H30N2O6S/c1-30(26,27)22-16-6-4-10-23-17(16)12-28-20-9-8-14(11-18(20)24)15-5-2-3-7-19(15)29-13-21(23)25/h2-3,5,7,14,16-18,20,22,24H,4,6,8-13H2,1H3/t14?,16-,17-,18+,20+/m0/s1. The SMILES string of the molecule is CS(=O)(=O)N[C@H]1CCCN2C(=O)COc3ccccc3C3CC[C@@H](OC[C@@H]12)[C@H](O)C3. The lowest BCUT2D eigenvalue weighted by Gasteiger charge is -2.42. The molecule has 0 radical (unpaired) electrons. The second kappa shape index (κ2) is 8.82. The maximum Gasteiger partial charge on any atom is 0.260 e. The Morgan fingerprint density at radius 2 is 2.00 bits per heavy atom. The van der Waals surface area contributed by atoms with E-state index in [1.165, 1.54) is 0 Å². The summed E-state index contributed by atoms with van der Waals surface area (Å²) in [5, 5.41) is 10.7. The van der Waals surface area contributed by atoms with Gasteiger partial charge >= 0.3 is 0 Å². The Kier molecular flexibility index (Phi) is 6.34. The molecule has 2 fully saturated rings. The van der Waals surface area contributed by atoms with Crippen molar-refractivity contribution in [2.45, 2.75) is 62.3 Å². The molecule has 2 bridgehead atoms. The number of para-hydroxylation sites is 1. The van der Waals surface area contributed by atoms with E-state index in [4.69, 9.17) is 9.47 Å². The summed E-state index contributed by atoms with van der Waals surface area (Å²) in [4.78, 5) is 14.7. The van der Waals surface area contributed by atoms with E-state index >= 15 is 0 Å². The number of aliphatic hydroxyl groups excluding tert-OH is 1. The van der Waals surface area contributed by atoms with Gasteiger partial charge in [0.05, 0.1) is 31.1 Å². The number of carbonyl (C=O) groups is 1. The summed E-state index contributed by atoms with van der Waals surface area (Å²) < 4.78 is 38.4. The minimum atomic E-state index is -3.43. The first-order valence-electron chi connectivity index (χ1n) is 10.6. The molecule has 30 heavy (non-hydrogen) atoms. The minimum absolute atomic E-state index is 0.113. The van der Waals surface area contributed by atoms with Gasteiger partial charge in [-0.15, -0.1) is 0 Å². The van der Waals surface area contributed by atoms with Crippen LogP contribution in [-0.4, -0.2) is 74.6 Å². The molecule has 0 aromatic heterocycles. The quantitative estimate of drug-likeness (QED) is 0.714. The van der Waals surface area contributed by atoms with Gasteiger partial charge < -0.3 is 19.5 Å². The van der Waals surface area contributed by atoms with Crippen molar-refractivity contribution < 1.29 is 27.8 Å². The topological polar surface area (TPSA) is 105 Å². The van der Waals surface area contributed by atoms with E-state index in [2.05, 4.69) is 4.72 Å². The Balaban J connectivity index is 1.64. The molecule has 5 rings (SSSR count). The van der Waals surface area contributed by atoms with Crippen LogP contribution in [0.2, 0.25) is 0 Å². The maximum atomic E-state index is 13.0. The molecule has 1 saturated carbocycles. The Morgan fingerprint density at radius 1 is 1.20 bits per heavy atom. The zero-order valence-corrected chi connectivity index (χ0v) is 18.0. The second-order valence-corrected chi connectivity index (χ2v) is 10.3. The molecule has 3 heterocycles. The van der Waals surface area contributed by atoms with Crippen molar-refractivity contribution >= 4 is 15.9 Å². The molecule has 1 amide bonds. The van der Waals surface area contributed by atoms with Crippen molar-refractivity contribution in [2.24, 2.45) is 0 Å². The summed E-state index contributed by atoms with van der Waals surface area (Å²) >= 11 is 0. The van der Waals surface area contributed by atoms with E-state index < -0.39 is 28.2 Å². The molecular weight excluding hydrogens is 408 g/mol.